The van der Waals surface area contributed by atoms with Crippen LogP contribution in [0, 0.1) is 0 Å². The molecule has 23 heavy (non-hydrogen) atoms. The van der Waals surface area contributed by atoms with E-state index in [0.29, 0.717) is 0 Å². The van der Waals surface area contributed by atoms with Crippen LogP contribution in [-0.4, -0.2) is 74.8 Å². The van der Waals surface area contributed by atoms with Gasteiger partial charge in [0, 0.05) is 20.3 Å². The highest BCUT2D eigenvalue weighted by Crippen LogP contribution is 2.07. The van der Waals surface area contributed by atoms with Gasteiger partial charge in [-0.15, -0.1) is 0 Å². The van der Waals surface area contributed by atoms with Crippen LogP contribution in [0.1, 0.15) is 0 Å². The number of halogens is 8. The predicted molar refractivity (Wildman–Crippen MR) is 77.5 cm³/mol. The quantitative estimate of drug-likeness (QED) is 0.531. The van der Waals surface area contributed by atoms with E-state index >= 15 is 0 Å². The lowest BCUT2D eigenvalue weighted by Crippen LogP contribution is -3.09. The monoisotopic (exact) mass is 361 g/mol. The summed E-state index contributed by atoms with van der Waals surface area (Å²) in [6.45, 7) is 2.26. The Morgan fingerprint density at radius 3 is 1.09 bits per heavy atom. The Labute approximate surface area is 132 Å². The number of nitrogens with zero attached hydrogens (tertiary/aromatic N) is 1. The molecule has 0 aromatic carbocycles. The molecular weight excluding hydrogens is 336 g/mol. The molecule has 0 aromatic rings. The number of rotatable bonds is 5. The summed E-state index contributed by atoms with van der Waals surface area (Å²) < 4.78 is 78.0. The summed E-state index contributed by atoms with van der Waals surface area (Å²) in [5.41, 5.74) is 1.50. The average Bonchev–Trinajstić information content (AvgIpc) is 2.06. The Bertz CT molecular complexity index is 280. The predicted octanol–water partition coefficient (Wildman–Crippen LogP) is 0.321. The van der Waals surface area contributed by atoms with Crippen molar-refractivity contribution in [3.63, 3.8) is 0 Å². The van der Waals surface area contributed by atoms with Crippen LogP contribution in [0.4, 0.5) is 34.5 Å². The van der Waals surface area contributed by atoms with E-state index in [1.165, 1.54) is 15.4 Å². The largest absolute Gasteiger partial charge is 0.673 e. The smallest absolute Gasteiger partial charge is 0.418 e. The van der Waals surface area contributed by atoms with Crippen LogP contribution < -0.4 is 9.80 Å². The molecule has 0 spiro atoms. The average molecular weight is 361 g/mol. The lowest BCUT2D eigenvalue weighted by atomic mass is 10.2. The van der Waals surface area contributed by atoms with Gasteiger partial charge in [0.1, 0.15) is 13.1 Å². The fourth-order valence-corrected chi connectivity index (χ4v) is 1.43. The van der Waals surface area contributed by atoms with Crippen LogP contribution >= 0.6 is 0 Å². The maximum absolute atomic E-state index is 9.75. The normalized spacial score (nSPS) is 11.3. The first-order chi connectivity index (χ1) is 9.91. The molecule has 3 nitrogen and oxygen atoms in total. The van der Waals surface area contributed by atoms with Crippen molar-refractivity contribution in [1.82, 2.24) is 4.90 Å². The van der Waals surface area contributed by atoms with E-state index < -0.39 is 14.5 Å². The molecule has 0 heterocycles. The van der Waals surface area contributed by atoms with E-state index in [4.69, 9.17) is 0 Å². The van der Waals surface area contributed by atoms with Crippen LogP contribution in [0.3, 0.4) is 0 Å². The highest BCUT2D eigenvalue weighted by atomic mass is 19.5. The molecule has 0 aliphatic heterocycles. The summed E-state index contributed by atoms with van der Waals surface area (Å²) in [6.07, 6.45) is 2.24. The molecule has 0 unspecified atom stereocenters. The minimum atomic E-state index is -6.00. The second-order valence-corrected chi connectivity index (χ2v) is 5.51. The van der Waals surface area contributed by atoms with Gasteiger partial charge in [0.2, 0.25) is 0 Å². The SMILES string of the molecule is CN(C)C=C(C[NH+](C)C)C[NH+](C)C.F[B-](F)(F)F.F[B-](F)(F)F. The van der Waals surface area contributed by atoms with Crippen LogP contribution in [0.2, 0.25) is 0 Å². The van der Waals surface area contributed by atoms with Gasteiger partial charge in [-0.25, -0.2) is 0 Å². The second-order valence-electron chi connectivity index (χ2n) is 5.51. The minimum Gasteiger partial charge on any atom is -0.418 e. The topological polar surface area (TPSA) is 12.1 Å². The van der Waals surface area contributed by atoms with Gasteiger partial charge in [0.25, 0.3) is 0 Å². The van der Waals surface area contributed by atoms with E-state index in [-0.39, 0.29) is 0 Å². The fraction of sp³-hybridized carbons (Fsp3) is 0.800. The van der Waals surface area contributed by atoms with Crippen LogP contribution in [0.25, 0.3) is 0 Å². The molecule has 0 saturated carbocycles. The molecule has 142 valence electrons. The third-order valence-electron chi connectivity index (χ3n) is 1.60. The molecule has 0 amide bonds. The Hall–Kier alpha value is -0.970. The second kappa shape index (κ2) is 12.5. The number of hydrogen-bond donors (Lipinski definition) is 2. The molecule has 0 fully saturated rings. The van der Waals surface area contributed by atoms with Crippen molar-refractivity contribution in [2.45, 2.75) is 0 Å². The molecule has 0 aliphatic carbocycles. The van der Waals surface area contributed by atoms with Crippen molar-refractivity contribution < 1.29 is 44.3 Å². The molecule has 0 aromatic heterocycles. The molecule has 0 saturated heterocycles. The number of hydrogen-bond acceptors (Lipinski definition) is 1. The van der Waals surface area contributed by atoms with Gasteiger partial charge in [-0.1, -0.05) is 0 Å². The maximum Gasteiger partial charge on any atom is 0.673 e. The fourth-order valence-electron chi connectivity index (χ4n) is 1.43. The first-order valence-corrected chi connectivity index (χ1v) is 6.60. The van der Waals surface area contributed by atoms with E-state index in [0.717, 1.165) is 13.1 Å². The molecular formula is C10H25B2F8N3. The van der Waals surface area contributed by atoms with Crippen molar-refractivity contribution in [3.8, 4) is 0 Å². The standard InChI is InChI=1S/C10H23N3.2BF4/c1-11(2)7-10(8-12(3)4)9-13(5)6;2*2-1(3,4)5/h7H,8-9H2,1-6H3;;/q;2*-1/p+2. The van der Waals surface area contributed by atoms with E-state index in [2.05, 4.69) is 53.4 Å². The van der Waals surface area contributed by atoms with E-state index in [1.54, 1.807) is 0 Å². The highest BCUT2D eigenvalue weighted by Gasteiger charge is 2.21. The number of quaternary nitrogens is 2. The Kier molecular flexibility index (Phi) is 14.6. The molecule has 0 radical (unpaired) electrons. The molecule has 0 rings (SSSR count). The first-order valence-electron chi connectivity index (χ1n) is 6.60. The Morgan fingerprint density at radius 2 is 0.957 bits per heavy atom. The van der Waals surface area contributed by atoms with E-state index in [9.17, 15) is 34.5 Å². The van der Waals surface area contributed by atoms with Gasteiger partial charge in [-0.2, -0.15) is 0 Å². The van der Waals surface area contributed by atoms with Crippen LogP contribution in [-0.2, 0) is 0 Å². The van der Waals surface area contributed by atoms with Gasteiger partial charge in [-0.05, 0) is 0 Å². The minimum absolute atomic E-state index is 1.13. The van der Waals surface area contributed by atoms with Crippen LogP contribution in [0.15, 0.2) is 11.8 Å². The van der Waals surface area contributed by atoms with E-state index in [1.807, 2.05) is 0 Å². The maximum atomic E-state index is 9.75. The summed E-state index contributed by atoms with van der Waals surface area (Å²) in [7, 11) is 0.915. The van der Waals surface area contributed by atoms with Gasteiger partial charge >= 0.3 is 14.5 Å². The summed E-state index contributed by atoms with van der Waals surface area (Å²) in [5, 5.41) is 0. The van der Waals surface area contributed by atoms with Gasteiger partial charge < -0.3 is 49.2 Å². The lowest BCUT2D eigenvalue weighted by molar-refractivity contribution is -0.869. The lowest BCUT2D eigenvalue weighted by Gasteiger charge is -2.15. The summed E-state index contributed by atoms with van der Waals surface area (Å²) in [6, 6.07) is 0. The molecule has 0 aliphatic rings. The Morgan fingerprint density at radius 1 is 0.739 bits per heavy atom. The zero-order valence-electron chi connectivity index (χ0n) is 14.1. The van der Waals surface area contributed by atoms with Crippen molar-refractivity contribution in [3.05, 3.63) is 11.8 Å². The van der Waals surface area contributed by atoms with Crippen molar-refractivity contribution in [2.24, 2.45) is 0 Å². The van der Waals surface area contributed by atoms with Gasteiger partial charge in [0.05, 0.1) is 33.8 Å². The molecule has 13 heteroatoms. The highest BCUT2D eigenvalue weighted by molar-refractivity contribution is 6.50. The molecule has 2 N–H and O–H groups in total. The summed E-state index contributed by atoms with van der Waals surface area (Å²) in [4.78, 5) is 5.09. The van der Waals surface area contributed by atoms with Crippen molar-refractivity contribution in [2.75, 3.05) is 55.4 Å². The molecule has 0 atom stereocenters. The number of likely N-dealkylation sites (N-methyl/N-ethyl adjacent to an activating group) is 2. The molecule has 0 bridgehead atoms. The van der Waals surface area contributed by atoms with Crippen LogP contribution in [0.5, 0.6) is 0 Å². The summed E-state index contributed by atoms with van der Waals surface area (Å²) >= 11 is 0. The van der Waals surface area contributed by atoms with Gasteiger partial charge in [-0.3, -0.25) is 0 Å². The van der Waals surface area contributed by atoms with Gasteiger partial charge in [0.15, 0.2) is 0 Å². The van der Waals surface area contributed by atoms with Crippen molar-refractivity contribution >= 4 is 14.5 Å². The third-order valence-corrected chi connectivity index (χ3v) is 1.60. The van der Waals surface area contributed by atoms with Crippen molar-refractivity contribution in [1.29, 1.82) is 0 Å². The zero-order chi connectivity index (χ0) is 19.4. The summed E-state index contributed by atoms with van der Waals surface area (Å²) in [5.74, 6) is 0. The Balaban J connectivity index is -0.000000329. The zero-order valence-corrected chi connectivity index (χ0v) is 14.1. The first kappa shape index (κ1) is 26.9. The third kappa shape index (κ3) is 62.6. The number of nitrogens with one attached hydrogen (secondary N) is 2.